The number of carbonyl (C=O) groups excluding carboxylic acids is 1. The average molecular weight is 301 g/mol. The van der Waals surface area contributed by atoms with Gasteiger partial charge in [-0.2, -0.15) is 0 Å². The van der Waals surface area contributed by atoms with Gasteiger partial charge >= 0.3 is 0 Å². The van der Waals surface area contributed by atoms with Crippen molar-refractivity contribution in [3.8, 4) is 5.75 Å². The first kappa shape index (κ1) is 14.4. The Kier molecular flexibility index (Phi) is 3.99. The Balaban J connectivity index is 2.46. The molecule has 2 rings (SSSR count). The third-order valence-electron chi connectivity index (χ3n) is 2.67. The minimum Gasteiger partial charge on any atom is -0.494 e. The fourth-order valence-electron chi connectivity index (χ4n) is 1.66. The van der Waals surface area contributed by atoms with Crippen LogP contribution in [-0.2, 0) is 0 Å². The van der Waals surface area contributed by atoms with Gasteiger partial charge in [0.05, 0.1) is 12.1 Å². The van der Waals surface area contributed by atoms with Crippen molar-refractivity contribution in [2.75, 3.05) is 7.11 Å². The molecule has 0 spiro atoms. The van der Waals surface area contributed by atoms with E-state index in [9.17, 15) is 18.0 Å². The molecular formula is C14H8ClF3O2. The van der Waals surface area contributed by atoms with E-state index >= 15 is 0 Å². The van der Waals surface area contributed by atoms with Crippen LogP contribution >= 0.6 is 11.6 Å². The Hall–Kier alpha value is -2.01. The maximum absolute atomic E-state index is 13.5. The van der Waals surface area contributed by atoms with Crippen LogP contribution in [-0.4, -0.2) is 12.9 Å². The van der Waals surface area contributed by atoms with E-state index in [0.29, 0.717) is 12.1 Å². The molecule has 0 N–H and O–H groups in total. The molecule has 0 aliphatic heterocycles. The molecule has 0 aliphatic rings. The first-order chi connectivity index (χ1) is 9.43. The second-order valence-corrected chi connectivity index (χ2v) is 4.33. The summed E-state index contributed by atoms with van der Waals surface area (Å²) in [6.45, 7) is 0. The summed E-state index contributed by atoms with van der Waals surface area (Å²) in [4.78, 5) is 12.1. The highest BCUT2D eigenvalue weighted by Crippen LogP contribution is 2.25. The van der Waals surface area contributed by atoms with Crippen molar-refractivity contribution in [3.05, 3.63) is 63.9 Å². The summed E-state index contributed by atoms with van der Waals surface area (Å²) < 4.78 is 44.3. The molecule has 0 bridgehead atoms. The van der Waals surface area contributed by atoms with Crippen molar-refractivity contribution in [1.29, 1.82) is 0 Å². The van der Waals surface area contributed by atoms with Gasteiger partial charge in [0.15, 0.2) is 29.0 Å². The lowest BCUT2D eigenvalue weighted by Crippen LogP contribution is -2.05. The summed E-state index contributed by atoms with van der Waals surface area (Å²) in [6.07, 6.45) is 0. The highest BCUT2D eigenvalue weighted by atomic mass is 35.5. The van der Waals surface area contributed by atoms with Crippen LogP contribution in [0.1, 0.15) is 15.9 Å². The van der Waals surface area contributed by atoms with E-state index in [4.69, 9.17) is 16.3 Å². The normalized spacial score (nSPS) is 10.4. The Labute approximate surface area is 117 Å². The Bertz CT molecular complexity index is 686. The van der Waals surface area contributed by atoms with E-state index in [0.717, 1.165) is 6.07 Å². The lowest BCUT2D eigenvalue weighted by molar-refractivity contribution is 0.103. The van der Waals surface area contributed by atoms with Crippen LogP contribution in [0.3, 0.4) is 0 Å². The molecule has 0 atom stereocenters. The van der Waals surface area contributed by atoms with Crippen molar-refractivity contribution in [2.45, 2.75) is 0 Å². The predicted molar refractivity (Wildman–Crippen MR) is 67.8 cm³/mol. The molecule has 20 heavy (non-hydrogen) atoms. The molecule has 0 radical (unpaired) electrons. The van der Waals surface area contributed by atoms with Crippen molar-refractivity contribution in [1.82, 2.24) is 0 Å². The van der Waals surface area contributed by atoms with E-state index < -0.39 is 23.2 Å². The van der Waals surface area contributed by atoms with Crippen LogP contribution in [0, 0.1) is 17.5 Å². The largest absolute Gasteiger partial charge is 0.494 e. The lowest BCUT2D eigenvalue weighted by atomic mass is 10.0. The fourth-order valence-corrected chi connectivity index (χ4v) is 1.90. The van der Waals surface area contributed by atoms with Gasteiger partial charge in [-0.25, -0.2) is 13.2 Å². The molecule has 2 aromatic rings. The second-order valence-electron chi connectivity index (χ2n) is 3.92. The molecule has 0 saturated carbocycles. The van der Waals surface area contributed by atoms with Gasteiger partial charge in [0, 0.05) is 11.1 Å². The number of methoxy groups -OCH3 is 1. The quantitative estimate of drug-likeness (QED) is 0.633. The van der Waals surface area contributed by atoms with Crippen LogP contribution in [0.4, 0.5) is 13.2 Å². The van der Waals surface area contributed by atoms with Gasteiger partial charge in [-0.1, -0.05) is 11.6 Å². The Morgan fingerprint density at radius 1 is 1.05 bits per heavy atom. The lowest BCUT2D eigenvalue weighted by Gasteiger charge is -2.07. The van der Waals surface area contributed by atoms with Crippen LogP contribution in [0.15, 0.2) is 30.3 Å². The number of carbonyl (C=O) groups is 1. The van der Waals surface area contributed by atoms with Gasteiger partial charge in [-0.05, 0) is 30.3 Å². The van der Waals surface area contributed by atoms with Crippen molar-refractivity contribution < 1.29 is 22.7 Å². The smallest absolute Gasteiger partial charge is 0.194 e. The van der Waals surface area contributed by atoms with Gasteiger partial charge in [-0.3, -0.25) is 4.79 Å². The number of rotatable bonds is 3. The SMILES string of the molecule is COc1ccc(C(=O)c2cc(F)c(F)cc2Cl)cc1F. The molecule has 0 amide bonds. The topological polar surface area (TPSA) is 26.3 Å². The molecular weight excluding hydrogens is 293 g/mol. The number of ketones is 1. The van der Waals surface area contributed by atoms with Crippen LogP contribution in [0.2, 0.25) is 5.02 Å². The molecule has 0 heterocycles. The number of halogens is 4. The second kappa shape index (κ2) is 5.54. The van der Waals surface area contributed by atoms with Crippen LogP contribution < -0.4 is 4.74 Å². The zero-order valence-electron chi connectivity index (χ0n) is 10.2. The highest BCUT2D eigenvalue weighted by Gasteiger charge is 2.18. The predicted octanol–water partition coefficient (Wildman–Crippen LogP) is 4.00. The molecule has 0 unspecified atom stereocenters. The summed E-state index contributed by atoms with van der Waals surface area (Å²) >= 11 is 5.70. The maximum Gasteiger partial charge on any atom is 0.194 e. The third kappa shape index (κ3) is 2.63. The summed E-state index contributed by atoms with van der Waals surface area (Å²) in [6, 6.07) is 4.89. The van der Waals surface area contributed by atoms with E-state index in [-0.39, 0.29) is 21.9 Å². The molecule has 0 saturated heterocycles. The minimum atomic E-state index is -1.20. The first-order valence-electron chi connectivity index (χ1n) is 5.47. The third-order valence-corrected chi connectivity index (χ3v) is 2.98. The molecule has 6 heteroatoms. The van der Waals surface area contributed by atoms with Gasteiger partial charge in [0.25, 0.3) is 0 Å². The maximum atomic E-state index is 13.5. The van der Waals surface area contributed by atoms with Crippen LogP contribution in [0.25, 0.3) is 0 Å². The van der Waals surface area contributed by atoms with Crippen LogP contribution in [0.5, 0.6) is 5.75 Å². The zero-order valence-corrected chi connectivity index (χ0v) is 11.0. The Morgan fingerprint density at radius 2 is 1.70 bits per heavy atom. The fraction of sp³-hybridized carbons (Fsp3) is 0.0714. The van der Waals surface area contributed by atoms with E-state index in [1.54, 1.807) is 0 Å². The van der Waals surface area contributed by atoms with Gasteiger partial charge in [0.2, 0.25) is 0 Å². The molecule has 104 valence electrons. The summed E-state index contributed by atoms with van der Waals surface area (Å²) in [7, 11) is 1.28. The van der Waals surface area contributed by atoms with Crippen molar-refractivity contribution in [3.63, 3.8) is 0 Å². The number of hydrogen-bond donors (Lipinski definition) is 0. The Morgan fingerprint density at radius 3 is 2.30 bits per heavy atom. The summed E-state index contributed by atoms with van der Waals surface area (Å²) in [5.74, 6) is -3.84. The highest BCUT2D eigenvalue weighted by molar-refractivity contribution is 6.35. The minimum absolute atomic E-state index is 0.0297. The van der Waals surface area contributed by atoms with E-state index in [1.165, 1.54) is 19.2 Å². The van der Waals surface area contributed by atoms with Gasteiger partial charge in [-0.15, -0.1) is 0 Å². The summed E-state index contributed by atoms with van der Waals surface area (Å²) in [5, 5.41) is -0.245. The molecule has 0 fully saturated rings. The molecule has 0 aliphatic carbocycles. The standard InChI is InChI=1S/C14H8ClF3O2/c1-20-13-3-2-7(4-12(13)18)14(19)8-5-10(16)11(17)6-9(8)15/h2-6H,1H3. The monoisotopic (exact) mass is 300 g/mol. The average Bonchev–Trinajstić information content (AvgIpc) is 2.42. The first-order valence-corrected chi connectivity index (χ1v) is 5.84. The number of hydrogen-bond acceptors (Lipinski definition) is 2. The number of ether oxygens (including phenoxy) is 1. The molecule has 0 aromatic heterocycles. The van der Waals surface area contributed by atoms with Gasteiger partial charge < -0.3 is 4.74 Å². The van der Waals surface area contributed by atoms with Gasteiger partial charge in [0.1, 0.15) is 0 Å². The van der Waals surface area contributed by atoms with E-state index in [2.05, 4.69) is 0 Å². The molecule has 2 nitrogen and oxygen atoms in total. The van der Waals surface area contributed by atoms with E-state index in [1.807, 2.05) is 0 Å². The summed E-state index contributed by atoms with van der Waals surface area (Å²) in [5.41, 5.74) is -0.286. The zero-order chi connectivity index (χ0) is 14.9. The number of benzene rings is 2. The van der Waals surface area contributed by atoms with Crippen molar-refractivity contribution >= 4 is 17.4 Å². The van der Waals surface area contributed by atoms with Crippen molar-refractivity contribution in [2.24, 2.45) is 0 Å². The molecule has 2 aromatic carbocycles.